The molecule has 5 nitrogen and oxygen atoms in total. The lowest BCUT2D eigenvalue weighted by atomic mass is 10.0. The highest BCUT2D eigenvalue weighted by atomic mass is 32.2. The van der Waals surface area contributed by atoms with Crippen molar-refractivity contribution >= 4 is 10.0 Å². The Hall–Kier alpha value is -0.170. The molecule has 1 aliphatic rings. The summed E-state index contributed by atoms with van der Waals surface area (Å²) >= 11 is 0. The minimum absolute atomic E-state index is 0.00259. The number of nitrogens with two attached hydrogens (primary N) is 1. The smallest absolute Gasteiger partial charge is 0.216 e. The fourth-order valence-electron chi connectivity index (χ4n) is 2.11. The second-order valence-electron chi connectivity index (χ2n) is 4.98. The molecule has 0 saturated carbocycles. The van der Waals surface area contributed by atoms with E-state index >= 15 is 0 Å². The highest BCUT2D eigenvalue weighted by Crippen LogP contribution is 2.19. The molecule has 102 valence electrons. The number of sulfonamides is 1. The summed E-state index contributed by atoms with van der Waals surface area (Å²) in [6.07, 6.45) is 1.55. The highest BCUT2D eigenvalue weighted by molar-refractivity contribution is 7.89. The van der Waals surface area contributed by atoms with E-state index in [2.05, 4.69) is 0 Å². The van der Waals surface area contributed by atoms with Gasteiger partial charge in [-0.05, 0) is 33.6 Å². The molecule has 0 aromatic heterocycles. The largest absolute Gasteiger partial charge is 0.378 e. The topological polar surface area (TPSA) is 72.6 Å². The Balaban J connectivity index is 2.52. The van der Waals surface area contributed by atoms with Crippen LogP contribution in [0.1, 0.15) is 33.6 Å². The first-order chi connectivity index (χ1) is 7.83. The van der Waals surface area contributed by atoms with Gasteiger partial charge < -0.3 is 10.5 Å². The van der Waals surface area contributed by atoms with E-state index in [1.165, 1.54) is 0 Å². The average molecular weight is 264 g/mol. The first-order valence-electron chi connectivity index (χ1n) is 6.19. The molecule has 1 aliphatic heterocycles. The zero-order chi connectivity index (χ0) is 13.1. The molecule has 0 aliphatic carbocycles. The predicted octanol–water partition coefficient (Wildman–Crippen LogP) is 0.553. The zero-order valence-corrected chi connectivity index (χ0v) is 11.7. The van der Waals surface area contributed by atoms with E-state index in [-0.39, 0.29) is 30.5 Å². The van der Waals surface area contributed by atoms with Crippen molar-refractivity contribution in [3.05, 3.63) is 0 Å². The number of nitrogens with zero attached hydrogens (tertiary/aromatic N) is 1. The van der Waals surface area contributed by atoms with Crippen molar-refractivity contribution in [1.29, 1.82) is 0 Å². The van der Waals surface area contributed by atoms with Crippen molar-refractivity contribution in [2.24, 2.45) is 5.73 Å². The van der Waals surface area contributed by atoms with Gasteiger partial charge in [-0.1, -0.05) is 0 Å². The third-order valence-corrected chi connectivity index (χ3v) is 4.95. The summed E-state index contributed by atoms with van der Waals surface area (Å²) in [4.78, 5) is 0. The first-order valence-corrected chi connectivity index (χ1v) is 7.80. The maximum Gasteiger partial charge on any atom is 0.216 e. The molecule has 0 aromatic carbocycles. The number of hydrogen-bond donors (Lipinski definition) is 1. The monoisotopic (exact) mass is 264 g/mol. The van der Waals surface area contributed by atoms with Gasteiger partial charge in [-0.3, -0.25) is 0 Å². The Morgan fingerprint density at radius 2 is 2.12 bits per heavy atom. The van der Waals surface area contributed by atoms with Crippen LogP contribution in [0.4, 0.5) is 0 Å². The number of ether oxygens (including phenoxy) is 1. The summed E-state index contributed by atoms with van der Waals surface area (Å²) in [5.41, 5.74) is 5.82. The summed E-state index contributed by atoms with van der Waals surface area (Å²) in [7, 11) is -3.20. The molecule has 2 N–H and O–H groups in total. The van der Waals surface area contributed by atoms with Crippen molar-refractivity contribution in [2.45, 2.75) is 51.8 Å². The molecule has 17 heavy (non-hydrogen) atoms. The maximum atomic E-state index is 12.1. The Bertz CT molecular complexity index is 330. The fourth-order valence-corrected chi connectivity index (χ4v) is 3.67. The third kappa shape index (κ3) is 4.54. The molecule has 6 heteroatoms. The van der Waals surface area contributed by atoms with E-state index in [4.69, 9.17) is 10.5 Å². The molecule has 1 fully saturated rings. The molecular weight excluding hydrogens is 240 g/mol. The van der Waals surface area contributed by atoms with Gasteiger partial charge in [-0.2, -0.15) is 4.31 Å². The fraction of sp³-hybridized carbons (Fsp3) is 1.00. The van der Waals surface area contributed by atoms with Gasteiger partial charge in [0.1, 0.15) is 0 Å². The van der Waals surface area contributed by atoms with E-state index in [9.17, 15) is 8.42 Å². The molecule has 0 amide bonds. The molecule has 0 unspecified atom stereocenters. The molecule has 1 rings (SSSR count). The number of rotatable bonds is 5. The Morgan fingerprint density at radius 1 is 1.47 bits per heavy atom. The first kappa shape index (κ1) is 14.9. The number of hydrogen-bond acceptors (Lipinski definition) is 4. The SMILES string of the molecule is CC(C)OCCS(=O)(=O)N1CC[C@H](N)C[C@@H]1C. The normalized spacial score (nSPS) is 27.6. The van der Waals surface area contributed by atoms with Gasteiger partial charge >= 0.3 is 0 Å². The van der Waals surface area contributed by atoms with Crippen LogP contribution in [0, 0.1) is 0 Å². The molecule has 0 aromatic rings. The van der Waals surface area contributed by atoms with Gasteiger partial charge in [0.05, 0.1) is 18.5 Å². The van der Waals surface area contributed by atoms with Crippen LogP contribution in [-0.4, -0.2) is 49.8 Å². The van der Waals surface area contributed by atoms with Crippen LogP contribution >= 0.6 is 0 Å². The van der Waals surface area contributed by atoms with Crippen LogP contribution in [0.2, 0.25) is 0 Å². The Kier molecular flexibility index (Phi) is 5.37. The third-order valence-electron chi connectivity index (χ3n) is 3.01. The van der Waals surface area contributed by atoms with Gasteiger partial charge in [-0.15, -0.1) is 0 Å². The molecule has 1 heterocycles. The lowest BCUT2D eigenvalue weighted by Gasteiger charge is -2.35. The molecule has 2 atom stereocenters. The summed E-state index contributed by atoms with van der Waals surface area (Å²) < 4.78 is 31.0. The highest BCUT2D eigenvalue weighted by Gasteiger charge is 2.31. The maximum absolute atomic E-state index is 12.1. The quantitative estimate of drug-likeness (QED) is 0.787. The summed E-state index contributed by atoms with van der Waals surface area (Å²) in [5.74, 6) is 0.0603. The zero-order valence-electron chi connectivity index (χ0n) is 10.9. The molecule has 0 bridgehead atoms. The van der Waals surface area contributed by atoms with Gasteiger partial charge in [0.25, 0.3) is 0 Å². The number of piperidine rings is 1. The summed E-state index contributed by atoms with van der Waals surface area (Å²) in [6.45, 7) is 6.51. The van der Waals surface area contributed by atoms with E-state index in [1.807, 2.05) is 20.8 Å². The molecule has 0 spiro atoms. The van der Waals surface area contributed by atoms with Gasteiger partial charge in [0.2, 0.25) is 10.0 Å². The van der Waals surface area contributed by atoms with Crippen LogP contribution in [0.15, 0.2) is 0 Å². The van der Waals surface area contributed by atoms with E-state index < -0.39 is 10.0 Å². The van der Waals surface area contributed by atoms with Crippen molar-refractivity contribution < 1.29 is 13.2 Å². The lowest BCUT2D eigenvalue weighted by Crippen LogP contribution is -2.49. The summed E-state index contributed by atoms with van der Waals surface area (Å²) in [6, 6.07) is 0.131. The van der Waals surface area contributed by atoms with Crippen LogP contribution in [-0.2, 0) is 14.8 Å². The van der Waals surface area contributed by atoms with E-state index in [0.717, 1.165) is 12.8 Å². The molecular formula is C11H24N2O3S. The van der Waals surface area contributed by atoms with Crippen molar-refractivity contribution in [2.75, 3.05) is 18.9 Å². The minimum Gasteiger partial charge on any atom is -0.378 e. The van der Waals surface area contributed by atoms with Gasteiger partial charge in [0.15, 0.2) is 0 Å². The summed E-state index contributed by atoms with van der Waals surface area (Å²) in [5, 5.41) is 0. The van der Waals surface area contributed by atoms with Gasteiger partial charge in [0, 0.05) is 18.6 Å². The Morgan fingerprint density at radius 3 is 2.65 bits per heavy atom. The van der Waals surface area contributed by atoms with Gasteiger partial charge in [-0.25, -0.2) is 8.42 Å². The van der Waals surface area contributed by atoms with Crippen molar-refractivity contribution in [3.8, 4) is 0 Å². The minimum atomic E-state index is -3.20. The van der Waals surface area contributed by atoms with E-state index in [0.29, 0.717) is 6.54 Å². The van der Waals surface area contributed by atoms with Crippen LogP contribution in [0.25, 0.3) is 0 Å². The van der Waals surface area contributed by atoms with Crippen molar-refractivity contribution in [3.63, 3.8) is 0 Å². The standard InChI is InChI=1S/C11H24N2O3S/c1-9(2)16-6-7-17(14,15)13-5-4-11(12)8-10(13)3/h9-11H,4-8,12H2,1-3H3/t10-,11-/m0/s1. The molecule has 1 saturated heterocycles. The second-order valence-corrected chi connectivity index (χ2v) is 7.02. The van der Waals surface area contributed by atoms with E-state index in [1.54, 1.807) is 4.31 Å². The average Bonchev–Trinajstić information content (AvgIpc) is 2.15. The van der Waals surface area contributed by atoms with Crippen LogP contribution in [0.5, 0.6) is 0 Å². The van der Waals surface area contributed by atoms with Crippen LogP contribution < -0.4 is 5.73 Å². The van der Waals surface area contributed by atoms with Crippen molar-refractivity contribution in [1.82, 2.24) is 4.31 Å². The lowest BCUT2D eigenvalue weighted by molar-refractivity contribution is 0.0902. The Labute approximate surface area is 104 Å². The predicted molar refractivity (Wildman–Crippen MR) is 68.3 cm³/mol. The second kappa shape index (κ2) is 6.13. The van der Waals surface area contributed by atoms with Crippen LogP contribution in [0.3, 0.4) is 0 Å². The molecule has 0 radical (unpaired) electrons.